The molecule has 0 aromatic carbocycles. The lowest BCUT2D eigenvalue weighted by atomic mass is 9.97. The summed E-state index contributed by atoms with van der Waals surface area (Å²) in [6.07, 6.45) is 1.10. The number of ketones is 1. The third-order valence-electron chi connectivity index (χ3n) is 3.50. The molecule has 2 atom stereocenters. The summed E-state index contributed by atoms with van der Waals surface area (Å²) in [5.74, 6) is -0.259. The van der Waals surface area contributed by atoms with Gasteiger partial charge >= 0.3 is 0 Å². The lowest BCUT2D eigenvalue weighted by Gasteiger charge is -2.18. The molecule has 6 heteroatoms. The summed E-state index contributed by atoms with van der Waals surface area (Å²) in [6, 6.07) is 0.0363. The number of ether oxygens (including phenoxy) is 1. The van der Waals surface area contributed by atoms with E-state index < -0.39 is 15.1 Å². The molecule has 0 bridgehead atoms. The summed E-state index contributed by atoms with van der Waals surface area (Å²) in [4.78, 5) is 12.1. The molecule has 1 fully saturated rings. The smallest absolute Gasteiger partial charge is 0.153 e. The van der Waals surface area contributed by atoms with Crippen molar-refractivity contribution in [3.05, 3.63) is 0 Å². The van der Waals surface area contributed by atoms with Crippen molar-refractivity contribution in [3.63, 3.8) is 0 Å². The second kappa shape index (κ2) is 7.36. The van der Waals surface area contributed by atoms with Crippen molar-refractivity contribution in [1.82, 2.24) is 5.32 Å². The van der Waals surface area contributed by atoms with Crippen LogP contribution in [-0.4, -0.2) is 51.0 Å². The largest absolute Gasteiger partial charge is 0.379 e. The van der Waals surface area contributed by atoms with Gasteiger partial charge in [-0.25, -0.2) is 8.42 Å². The number of rotatable bonds is 8. The van der Waals surface area contributed by atoms with Gasteiger partial charge in [0.2, 0.25) is 0 Å². The maximum absolute atomic E-state index is 12.1. The zero-order valence-corrected chi connectivity index (χ0v) is 12.8. The van der Waals surface area contributed by atoms with Crippen LogP contribution in [0.1, 0.15) is 33.6 Å². The highest BCUT2D eigenvalue weighted by atomic mass is 32.2. The highest BCUT2D eigenvalue weighted by molar-refractivity contribution is 7.91. The molecule has 0 saturated carbocycles. The fourth-order valence-corrected chi connectivity index (χ4v) is 3.02. The van der Waals surface area contributed by atoms with Gasteiger partial charge in [0.15, 0.2) is 9.84 Å². The molecule has 5 nitrogen and oxygen atoms in total. The summed E-state index contributed by atoms with van der Waals surface area (Å²) in [5, 5.41) is 2.86. The summed E-state index contributed by atoms with van der Waals surface area (Å²) >= 11 is 0. The van der Waals surface area contributed by atoms with Crippen molar-refractivity contribution >= 4 is 15.6 Å². The van der Waals surface area contributed by atoms with Gasteiger partial charge in [-0.15, -0.1) is 0 Å². The first kappa shape index (κ1) is 16.6. The lowest BCUT2D eigenvalue weighted by molar-refractivity contribution is -0.122. The maximum atomic E-state index is 12.1. The number of hydrogen-bond donors (Lipinski definition) is 1. The van der Waals surface area contributed by atoms with Gasteiger partial charge < -0.3 is 10.1 Å². The highest BCUT2D eigenvalue weighted by Gasteiger charge is 2.33. The van der Waals surface area contributed by atoms with E-state index in [4.69, 9.17) is 4.74 Å². The van der Waals surface area contributed by atoms with E-state index in [1.54, 1.807) is 13.8 Å². The predicted octanol–water partition coefficient (Wildman–Crippen LogP) is 0.783. The molecule has 1 rings (SSSR count). The Morgan fingerprint density at radius 2 is 2.05 bits per heavy atom. The molecular formula is C13H25NO4S. The van der Waals surface area contributed by atoms with E-state index >= 15 is 0 Å². The van der Waals surface area contributed by atoms with Crippen LogP contribution in [0.15, 0.2) is 0 Å². The second-order valence-corrected chi connectivity index (χ2v) is 8.01. The Kier molecular flexibility index (Phi) is 6.42. The van der Waals surface area contributed by atoms with Gasteiger partial charge in [0.25, 0.3) is 0 Å². The molecule has 19 heavy (non-hydrogen) atoms. The van der Waals surface area contributed by atoms with Crippen LogP contribution in [0, 0.1) is 5.92 Å². The van der Waals surface area contributed by atoms with Gasteiger partial charge in [-0.05, 0) is 26.8 Å². The zero-order chi connectivity index (χ0) is 14.5. The Labute approximate surface area is 116 Å². The molecule has 2 unspecified atom stereocenters. The molecule has 0 spiro atoms. The van der Waals surface area contributed by atoms with E-state index in [0.29, 0.717) is 13.2 Å². The average Bonchev–Trinajstić information content (AvgIpc) is 2.81. The molecule has 112 valence electrons. The predicted molar refractivity (Wildman–Crippen MR) is 74.9 cm³/mol. The van der Waals surface area contributed by atoms with Crippen LogP contribution < -0.4 is 5.32 Å². The van der Waals surface area contributed by atoms with Gasteiger partial charge in [0, 0.05) is 12.5 Å². The molecule has 0 radical (unpaired) electrons. The number of carbonyl (C=O) groups is 1. The van der Waals surface area contributed by atoms with E-state index in [9.17, 15) is 13.2 Å². The third kappa shape index (κ3) is 4.85. The molecule has 0 aliphatic carbocycles. The van der Waals surface area contributed by atoms with Gasteiger partial charge in [-0.1, -0.05) is 6.92 Å². The van der Waals surface area contributed by atoms with Crippen molar-refractivity contribution in [2.45, 2.75) is 44.9 Å². The fraction of sp³-hybridized carbons (Fsp3) is 0.923. The molecule has 0 amide bonds. The highest BCUT2D eigenvalue weighted by Crippen LogP contribution is 2.17. The number of carbonyl (C=O) groups excluding carboxylic acids is 1. The minimum Gasteiger partial charge on any atom is -0.379 e. The van der Waals surface area contributed by atoms with Crippen molar-refractivity contribution in [2.75, 3.05) is 25.5 Å². The fourth-order valence-electron chi connectivity index (χ4n) is 2.07. The topological polar surface area (TPSA) is 72.5 Å². The Morgan fingerprint density at radius 3 is 2.63 bits per heavy atom. The first-order valence-electron chi connectivity index (χ1n) is 6.94. The van der Waals surface area contributed by atoms with Crippen molar-refractivity contribution in [1.29, 1.82) is 0 Å². The maximum Gasteiger partial charge on any atom is 0.153 e. The van der Waals surface area contributed by atoms with Crippen LogP contribution in [0.3, 0.4) is 0 Å². The monoisotopic (exact) mass is 291 g/mol. The second-order valence-electron chi connectivity index (χ2n) is 5.34. The zero-order valence-electron chi connectivity index (χ0n) is 12.0. The third-order valence-corrected chi connectivity index (χ3v) is 5.71. The Morgan fingerprint density at radius 1 is 1.37 bits per heavy atom. The molecule has 1 saturated heterocycles. The lowest BCUT2D eigenvalue weighted by Crippen LogP contribution is -2.40. The van der Waals surface area contributed by atoms with Gasteiger partial charge in [-0.2, -0.15) is 0 Å². The Hall–Kier alpha value is -0.460. The first-order chi connectivity index (χ1) is 8.88. The summed E-state index contributed by atoms with van der Waals surface area (Å²) < 4.78 is 28.7. The van der Waals surface area contributed by atoms with Crippen LogP contribution in [-0.2, 0) is 19.4 Å². The normalized spacial score (nSPS) is 24.0. The van der Waals surface area contributed by atoms with Crippen LogP contribution >= 0.6 is 0 Å². The SMILES string of the molecule is CCCNC1COCC1C(=O)CCS(=O)(=O)C(C)C. The van der Waals surface area contributed by atoms with E-state index in [0.717, 1.165) is 13.0 Å². The molecular weight excluding hydrogens is 266 g/mol. The van der Waals surface area contributed by atoms with E-state index in [2.05, 4.69) is 12.2 Å². The van der Waals surface area contributed by atoms with Gasteiger partial charge in [-0.3, -0.25) is 4.79 Å². The molecule has 1 N–H and O–H groups in total. The standard InChI is InChI=1S/C13H25NO4S/c1-4-6-14-12-9-18-8-11(12)13(15)5-7-19(16,17)10(2)3/h10-12,14H,4-9H2,1-3H3. The van der Waals surface area contributed by atoms with Crippen LogP contribution in [0.4, 0.5) is 0 Å². The van der Waals surface area contributed by atoms with Crippen LogP contribution in [0.5, 0.6) is 0 Å². The molecule has 0 aromatic rings. The first-order valence-corrected chi connectivity index (χ1v) is 8.65. The van der Waals surface area contributed by atoms with Crippen LogP contribution in [0.2, 0.25) is 0 Å². The van der Waals surface area contributed by atoms with Crippen molar-refractivity contribution in [3.8, 4) is 0 Å². The van der Waals surface area contributed by atoms with E-state index in [-0.39, 0.29) is 29.9 Å². The molecule has 1 aliphatic heterocycles. The van der Waals surface area contributed by atoms with Crippen LogP contribution in [0.25, 0.3) is 0 Å². The average molecular weight is 291 g/mol. The Bertz CT molecular complexity index is 391. The molecule has 1 heterocycles. The van der Waals surface area contributed by atoms with E-state index in [1.165, 1.54) is 0 Å². The van der Waals surface area contributed by atoms with Crippen molar-refractivity contribution < 1.29 is 17.9 Å². The summed E-state index contributed by atoms with van der Waals surface area (Å²) in [6.45, 7) is 7.14. The minimum absolute atomic E-state index is 0.00433. The molecule has 0 aromatic heterocycles. The summed E-state index contributed by atoms with van der Waals surface area (Å²) in [5.41, 5.74) is 0. The van der Waals surface area contributed by atoms with E-state index in [1.807, 2.05) is 0 Å². The number of nitrogens with one attached hydrogen (secondary N) is 1. The number of hydrogen-bond acceptors (Lipinski definition) is 5. The summed E-state index contributed by atoms with van der Waals surface area (Å²) in [7, 11) is -3.14. The Balaban J connectivity index is 2.49. The number of sulfone groups is 1. The quantitative estimate of drug-likeness (QED) is 0.715. The van der Waals surface area contributed by atoms with Gasteiger partial charge in [0.05, 0.1) is 30.1 Å². The van der Waals surface area contributed by atoms with Gasteiger partial charge in [0.1, 0.15) is 5.78 Å². The molecule has 1 aliphatic rings. The van der Waals surface area contributed by atoms with Crippen molar-refractivity contribution in [2.24, 2.45) is 5.92 Å². The minimum atomic E-state index is -3.14. The number of Topliss-reactive ketones (excluding diaryl/α,β-unsaturated/α-hetero) is 1.